The van der Waals surface area contributed by atoms with Crippen molar-refractivity contribution in [1.29, 1.82) is 0 Å². The first-order valence-corrected chi connectivity index (χ1v) is 8.24. The van der Waals surface area contributed by atoms with Crippen molar-refractivity contribution in [3.05, 3.63) is 64.1 Å². The molecule has 0 bridgehead atoms. The molecule has 126 valence electrons. The number of carbonyl (C=O) groups excluding carboxylic acids is 2. The van der Waals surface area contributed by atoms with Crippen molar-refractivity contribution in [3.63, 3.8) is 0 Å². The number of hydrogen-bond donors (Lipinski definition) is 1. The maximum Gasteiger partial charge on any atom is 0.313 e. The van der Waals surface area contributed by atoms with Gasteiger partial charge in [-0.3, -0.25) is 9.59 Å². The van der Waals surface area contributed by atoms with Gasteiger partial charge in [-0.25, -0.2) is 0 Å². The van der Waals surface area contributed by atoms with Gasteiger partial charge in [-0.05, 0) is 24.1 Å². The number of amides is 1. The normalized spacial score (nSPS) is 11.6. The Morgan fingerprint density at radius 3 is 2.25 bits per heavy atom. The summed E-state index contributed by atoms with van der Waals surface area (Å²) in [4.78, 5) is 24.2. The first-order valence-electron chi connectivity index (χ1n) is 7.48. The molecule has 1 N–H and O–H groups in total. The van der Waals surface area contributed by atoms with E-state index in [0.29, 0.717) is 22.2 Å². The number of benzene rings is 2. The number of para-hydroxylation sites is 1. The number of carbonyl (C=O) groups is 2. The van der Waals surface area contributed by atoms with Crippen LogP contribution in [-0.2, 0) is 14.3 Å². The molecule has 24 heavy (non-hydrogen) atoms. The summed E-state index contributed by atoms with van der Waals surface area (Å²) in [6, 6.07) is 14.2. The number of halogens is 2. The van der Waals surface area contributed by atoms with E-state index in [9.17, 15) is 9.59 Å². The lowest BCUT2D eigenvalue weighted by atomic mass is 9.97. The summed E-state index contributed by atoms with van der Waals surface area (Å²) in [6.07, 6.45) is 0.584. The SMILES string of the molecule is CC[C@H](C(=O)OCC(=O)Nc1c(Cl)cccc1Cl)c1ccccc1. The first kappa shape index (κ1) is 18.3. The topological polar surface area (TPSA) is 55.4 Å². The summed E-state index contributed by atoms with van der Waals surface area (Å²) < 4.78 is 5.13. The van der Waals surface area contributed by atoms with Crippen LogP contribution < -0.4 is 5.32 Å². The van der Waals surface area contributed by atoms with Gasteiger partial charge >= 0.3 is 5.97 Å². The van der Waals surface area contributed by atoms with Crippen LogP contribution in [0.4, 0.5) is 5.69 Å². The molecule has 0 saturated carbocycles. The van der Waals surface area contributed by atoms with Crippen molar-refractivity contribution in [1.82, 2.24) is 0 Å². The van der Waals surface area contributed by atoms with Crippen LogP contribution in [0, 0.1) is 0 Å². The van der Waals surface area contributed by atoms with Gasteiger partial charge in [-0.15, -0.1) is 0 Å². The summed E-state index contributed by atoms with van der Waals surface area (Å²) in [7, 11) is 0. The quantitative estimate of drug-likeness (QED) is 0.756. The van der Waals surface area contributed by atoms with Gasteiger partial charge in [0.2, 0.25) is 0 Å². The molecule has 0 aliphatic rings. The van der Waals surface area contributed by atoms with Crippen molar-refractivity contribution in [2.75, 3.05) is 11.9 Å². The number of rotatable bonds is 6. The summed E-state index contributed by atoms with van der Waals surface area (Å²) in [5.74, 6) is -1.34. The Kier molecular flexibility index (Phi) is 6.64. The summed E-state index contributed by atoms with van der Waals surface area (Å²) in [5.41, 5.74) is 1.16. The third-order valence-corrected chi connectivity index (χ3v) is 4.10. The second kappa shape index (κ2) is 8.71. The molecule has 0 spiro atoms. The minimum atomic E-state index is -0.499. The lowest BCUT2D eigenvalue weighted by molar-refractivity contribution is -0.149. The highest BCUT2D eigenvalue weighted by Crippen LogP contribution is 2.29. The molecule has 0 fully saturated rings. The minimum Gasteiger partial charge on any atom is -0.455 e. The van der Waals surface area contributed by atoms with Gasteiger partial charge in [0.15, 0.2) is 6.61 Å². The Balaban J connectivity index is 1.94. The Hall–Kier alpha value is -2.04. The van der Waals surface area contributed by atoms with Crippen LogP contribution in [-0.4, -0.2) is 18.5 Å². The first-order chi connectivity index (χ1) is 11.5. The molecule has 0 radical (unpaired) electrons. The maximum absolute atomic E-state index is 12.2. The molecular weight excluding hydrogens is 349 g/mol. The predicted octanol–water partition coefficient (Wildman–Crippen LogP) is 4.67. The number of hydrogen-bond acceptors (Lipinski definition) is 3. The van der Waals surface area contributed by atoms with Crippen LogP contribution in [0.5, 0.6) is 0 Å². The van der Waals surface area contributed by atoms with E-state index in [1.807, 2.05) is 37.3 Å². The van der Waals surface area contributed by atoms with Crippen molar-refractivity contribution >= 4 is 40.8 Å². The van der Waals surface area contributed by atoms with Gasteiger partial charge in [0.1, 0.15) is 0 Å². The predicted molar refractivity (Wildman–Crippen MR) is 95.5 cm³/mol. The maximum atomic E-state index is 12.2. The fourth-order valence-corrected chi connectivity index (χ4v) is 2.75. The van der Waals surface area contributed by atoms with E-state index in [1.165, 1.54) is 0 Å². The van der Waals surface area contributed by atoms with E-state index in [2.05, 4.69) is 5.32 Å². The molecular formula is C18H17Cl2NO3. The molecule has 4 nitrogen and oxygen atoms in total. The van der Waals surface area contributed by atoms with E-state index in [1.54, 1.807) is 18.2 Å². The average Bonchev–Trinajstić information content (AvgIpc) is 2.58. The number of anilines is 1. The lowest BCUT2D eigenvalue weighted by Gasteiger charge is -2.15. The Morgan fingerprint density at radius 1 is 1.04 bits per heavy atom. The van der Waals surface area contributed by atoms with Crippen molar-refractivity contribution in [3.8, 4) is 0 Å². The van der Waals surface area contributed by atoms with Crippen molar-refractivity contribution < 1.29 is 14.3 Å². The summed E-state index contributed by atoms with van der Waals surface area (Å²) in [5, 5.41) is 3.19. The van der Waals surface area contributed by atoms with Gasteiger partial charge in [0, 0.05) is 0 Å². The molecule has 0 unspecified atom stereocenters. The van der Waals surface area contributed by atoms with Gasteiger partial charge in [0.05, 0.1) is 21.7 Å². The fraction of sp³-hybridized carbons (Fsp3) is 0.222. The number of ether oxygens (including phenoxy) is 1. The molecule has 2 rings (SSSR count). The molecule has 2 aromatic rings. The zero-order valence-electron chi connectivity index (χ0n) is 13.1. The van der Waals surface area contributed by atoms with Crippen LogP contribution in [0.15, 0.2) is 48.5 Å². The van der Waals surface area contributed by atoms with Gasteiger partial charge < -0.3 is 10.1 Å². The molecule has 6 heteroatoms. The summed E-state index contributed by atoms with van der Waals surface area (Å²) in [6.45, 7) is 1.49. The molecule has 0 heterocycles. The van der Waals surface area contributed by atoms with E-state index in [-0.39, 0.29) is 0 Å². The standard InChI is InChI=1S/C18H17Cl2NO3/c1-2-13(12-7-4-3-5-8-12)18(23)24-11-16(22)21-17-14(19)9-6-10-15(17)20/h3-10,13H,2,11H2,1H3,(H,21,22)/t13-/m0/s1. The highest BCUT2D eigenvalue weighted by Gasteiger charge is 2.21. The van der Waals surface area contributed by atoms with E-state index >= 15 is 0 Å². The van der Waals surface area contributed by atoms with Crippen LogP contribution in [0.3, 0.4) is 0 Å². The monoisotopic (exact) mass is 365 g/mol. The molecule has 1 amide bonds. The fourth-order valence-electron chi connectivity index (χ4n) is 2.25. The number of nitrogens with one attached hydrogen (secondary N) is 1. The molecule has 2 aromatic carbocycles. The minimum absolute atomic E-state index is 0.303. The Morgan fingerprint density at radius 2 is 1.67 bits per heavy atom. The van der Waals surface area contributed by atoms with Crippen LogP contribution in [0.1, 0.15) is 24.8 Å². The van der Waals surface area contributed by atoms with Gasteiger partial charge in [0.25, 0.3) is 5.91 Å². The Bertz CT molecular complexity index is 699. The third-order valence-electron chi connectivity index (χ3n) is 3.47. The molecule has 0 aliphatic heterocycles. The Labute approximate surface area is 150 Å². The highest BCUT2D eigenvalue weighted by atomic mass is 35.5. The lowest BCUT2D eigenvalue weighted by Crippen LogP contribution is -2.24. The zero-order chi connectivity index (χ0) is 17.5. The molecule has 0 aromatic heterocycles. The van der Waals surface area contributed by atoms with Crippen LogP contribution in [0.2, 0.25) is 10.0 Å². The molecule has 0 saturated heterocycles. The van der Waals surface area contributed by atoms with Crippen LogP contribution in [0.25, 0.3) is 0 Å². The van der Waals surface area contributed by atoms with Crippen molar-refractivity contribution in [2.24, 2.45) is 0 Å². The summed E-state index contributed by atoms with van der Waals surface area (Å²) >= 11 is 12.0. The average molecular weight is 366 g/mol. The van der Waals surface area contributed by atoms with Crippen molar-refractivity contribution in [2.45, 2.75) is 19.3 Å². The molecule has 1 atom stereocenters. The smallest absolute Gasteiger partial charge is 0.313 e. The second-order valence-corrected chi connectivity index (χ2v) is 5.94. The van der Waals surface area contributed by atoms with Crippen LogP contribution >= 0.6 is 23.2 Å². The van der Waals surface area contributed by atoms with E-state index in [0.717, 1.165) is 5.56 Å². The highest BCUT2D eigenvalue weighted by molar-refractivity contribution is 6.39. The van der Waals surface area contributed by atoms with E-state index in [4.69, 9.17) is 27.9 Å². The van der Waals surface area contributed by atoms with Gasteiger partial charge in [-0.1, -0.05) is 66.5 Å². The number of esters is 1. The zero-order valence-corrected chi connectivity index (χ0v) is 14.6. The second-order valence-electron chi connectivity index (χ2n) is 5.12. The van der Waals surface area contributed by atoms with E-state index < -0.39 is 24.4 Å². The third kappa shape index (κ3) is 4.73. The molecule has 0 aliphatic carbocycles. The largest absolute Gasteiger partial charge is 0.455 e. The van der Waals surface area contributed by atoms with Gasteiger partial charge in [-0.2, -0.15) is 0 Å².